The molecular weight excluding hydrogens is 530 g/mol. The van der Waals surface area contributed by atoms with E-state index in [4.69, 9.17) is 0 Å². The molecule has 3 heteroatoms. The normalized spacial score (nSPS) is 19.8. The van der Waals surface area contributed by atoms with Crippen molar-refractivity contribution in [1.82, 2.24) is 3.26 Å². The van der Waals surface area contributed by atoms with Crippen molar-refractivity contribution in [2.75, 3.05) is 0 Å². The number of rotatable bonds is 5. The molecule has 0 saturated heterocycles. The Balaban J connectivity index is 0.000000249. The Kier molecular flexibility index (Phi) is 12.6. The molecule has 0 bridgehead atoms. The number of nitrogens with one attached hydrogen (secondary N) is 1. The van der Waals surface area contributed by atoms with E-state index >= 15 is 0 Å². The van der Waals surface area contributed by atoms with E-state index in [0.717, 1.165) is 12.0 Å². The van der Waals surface area contributed by atoms with Crippen LogP contribution in [0, 0.1) is 5.92 Å². The van der Waals surface area contributed by atoms with E-state index in [1.54, 1.807) is 16.7 Å². The average Bonchev–Trinajstić information content (AvgIpc) is 3.09. The Morgan fingerprint density at radius 3 is 1.50 bits per heavy atom. The van der Waals surface area contributed by atoms with E-state index in [1.807, 2.05) is 15.4 Å². The van der Waals surface area contributed by atoms with Crippen LogP contribution in [0.25, 0.3) is 11.1 Å². The minimum Gasteiger partial charge on any atom is -0.0622 e. The summed E-state index contributed by atoms with van der Waals surface area (Å²) in [5.41, 5.74) is 7.50. The van der Waals surface area contributed by atoms with Crippen LogP contribution in [0.3, 0.4) is 0 Å². The molecule has 36 heavy (non-hydrogen) atoms. The summed E-state index contributed by atoms with van der Waals surface area (Å²) in [6.45, 7) is 14.9. The molecule has 2 aromatic carbocycles. The summed E-state index contributed by atoms with van der Waals surface area (Å²) >= 11 is -1.64. The van der Waals surface area contributed by atoms with Crippen LogP contribution in [0.5, 0.6) is 0 Å². The van der Waals surface area contributed by atoms with Crippen LogP contribution in [0.15, 0.2) is 80.7 Å². The van der Waals surface area contributed by atoms with Crippen LogP contribution >= 0.6 is 0 Å². The molecule has 2 aliphatic rings. The third-order valence-corrected chi connectivity index (χ3v) is 26.0. The summed E-state index contributed by atoms with van der Waals surface area (Å²) in [6.07, 6.45) is 13.2. The SMILES string of the molecule is CC1=C(C)C(C)[C]([Zr]([NH]C2CCCCCCCCC2)[SiH](C)C)=C1C.c1ccc(-c2ccccc2)cc1. The van der Waals surface area contributed by atoms with Gasteiger partial charge in [-0.2, -0.15) is 0 Å². The van der Waals surface area contributed by atoms with Crippen LogP contribution < -0.4 is 3.26 Å². The molecule has 0 radical (unpaired) electrons. The second-order valence-corrected chi connectivity index (χ2v) is 29.6. The molecule has 1 N–H and O–H groups in total. The van der Waals surface area contributed by atoms with Crippen LogP contribution in [0.2, 0.25) is 13.1 Å². The number of hydrogen-bond acceptors (Lipinski definition) is 1. The van der Waals surface area contributed by atoms with Gasteiger partial charge in [0.1, 0.15) is 0 Å². The second kappa shape index (κ2) is 15.4. The molecule has 0 amide bonds. The average molecular weight is 580 g/mol. The quantitative estimate of drug-likeness (QED) is 0.348. The van der Waals surface area contributed by atoms with Gasteiger partial charge in [0, 0.05) is 0 Å². The first-order chi connectivity index (χ1) is 17.4. The van der Waals surface area contributed by atoms with Gasteiger partial charge < -0.3 is 0 Å². The van der Waals surface area contributed by atoms with Crippen molar-refractivity contribution in [2.24, 2.45) is 5.92 Å². The summed E-state index contributed by atoms with van der Waals surface area (Å²) in [7, 11) is 0. The van der Waals surface area contributed by atoms with Gasteiger partial charge in [-0.05, 0) is 11.1 Å². The molecule has 0 heterocycles. The molecule has 1 saturated carbocycles. The Morgan fingerprint density at radius 2 is 1.11 bits per heavy atom. The Hall–Kier alpha value is -1.02. The largest absolute Gasteiger partial charge is 0.0622 e. The van der Waals surface area contributed by atoms with Crippen molar-refractivity contribution in [1.29, 1.82) is 0 Å². The summed E-state index contributed by atoms with van der Waals surface area (Å²) in [4.78, 5) is 0. The maximum absolute atomic E-state index is 4.39. The maximum Gasteiger partial charge on any atom is -0.0184 e. The molecule has 1 nitrogen and oxygen atoms in total. The summed E-state index contributed by atoms with van der Waals surface area (Å²) in [5, 5.41) is 0. The van der Waals surface area contributed by atoms with Crippen molar-refractivity contribution in [3.05, 3.63) is 80.7 Å². The number of benzene rings is 2. The van der Waals surface area contributed by atoms with Crippen molar-refractivity contribution >= 4 is 5.92 Å². The minimum absolute atomic E-state index is 0.586. The third-order valence-electron chi connectivity index (χ3n) is 8.35. The fourth-order valence-corrected chi connectivity index (χ4v) is 23.2. The van der Waals surface area contributed by atoms with Crippen molar-refractivity contribution < 1.29 is 21.2 Å². The van der Waals surface area contributed by atoms with Gasteiger partial charge in [0.05, 0.1) is 0 Å². The standard InChI is InChI=1S/C12H10.C10H20N.C9H13.C2H7Si.Zr/c1-3-7-11(8-4-1)12-9-5-2-6-10-12;11-10-8-6-4-2-1-3-5-7-9-10;1-6-5-7(2)9(4)8(6)3;1-3-2;/h1-10H;10-11H,1-9H2;6H,1-4H3;3H,1-2H3;/q;-1;;;+1. The summed E-state index contributed by atoms with van der Waals surface area (Å²) < 4.78 is 6.33. The topological polar surface area (TPSA) is 12.0 Å². The van der Waals surface area contributed by atoms with Crippen LogP contribution in [0.4, 0.5) is 0 Å². The molecule has 1 unspecified atom stereocenters. The van der Waals surface area contributed by atoms with Gasteiger partial charge in [-0.3, -0.25) is 0 Å². The van der Waals surface area contributed by atoms with Crippen molar-refractivity contribution in [3.8, 4) is 11.1 Å². The molecule has 1 fully saturated rings. The van der Waals surface area contributed by atoms with E-state index in [-0.39, 0.29) is 0 Å². The Bertz CT molecular complexity index is 932. The Morgan fingerprint density at radius 1 is 0.667 bits per heavy atom. The summed E-state index contributed by atoms with van der Waals surface area (Å²) in [5.74, 6) is 0.151. The van der Waals surface area contributed by atoms with Gasteiger partial charge in [0.25, 0.3) is 0 Å². The van der Waals surface area contributed by atoms with Gasteiger partial charge in [-0.25, -0.2) is 0 Å². The van der Waals surface area contributed by atoms with Crippen LogP contribution in [0.1, 0.15) is 85.5 Å². The second-order valence-electron chi connectivity index (χ2n) is 11.3. The van der Waals surface area contributed by atoms with Gasteiger partial charge >= 0.3 is 161 Å². The molecule has 1 atom stereocenters. The molecule has 195 valence electrons. The molecule has 0 spiro atoms. The fraction of sp³-hybridized carbons (Fsp3) is 0.515. The first kappa shape index (κ1) is 29.5. The van der Waals surface area contributed by atoms with Gasteiger partial charge in [0.2, 0.25) is 0 Å². The predicted molar refractivity (Wildman–Crippen MR) is 159 cm³/mol. The zero-order valence-corrected chi connectivity index (χ0v) is 27.5. The van der Waals surface area contributed by atoms with Crippen molar-refractivity contribution in [2.45, 2.75) is 105 Å². The van der Waals surface area contributed by atoms with Gasteiger partial charge in [-0.1, -0.05) is 60.7 Å². The Labute approximate surface area is 231 Å². The van der Waals surface area contributed by atoms with Gasteiger partial charge in [-0.15, -0.1) is 0 Å². The first-order valence-electron chi connectivity index (χ1n) is 14.5. The molecule has 0 aromatic heterocycles. The number of allylic oxidation sites excluding steroid dienone is 4. The number of hydrogen-bond donors (Lipinski definition) is 1. The van der Waals surface area contributed by atoms with E-state index in [2.05, 4.69) is 92.6 Å². The molecule has 2 aliphatic carbocycles. The predicted octanol–water partition coefficient (Wildman–Crippen LogP) is 9.60. The fourth-order valence-electron chi connectivity index (χ4n) is 5.79. The monoisotopic (exact) mass is 578 g/mol. The van der Waals surface area contributed by atoms with Crippen LogP contribution in [-0.4, -0.2) is 12.0 Å². The van der Waals surface area contributed by atoms with E-state index in [9.17, 15) is 0 Å². The molecule has 4 rings (SSSR count). The molecular formula is C33H50NSiZr. The van der Waals surface area contributed by atoms with Gasteiger partial charge in [0.15, 0.2) is 0 Å². The third kappa shape index (κ3) is 8.50. The zero-order valence-electron chi connectivity index (χ0n) is 23.9. The summed E-state index contributed by atoms with van der Waals surface area (Å²) in [6, 6.07) is 21.6. The zero-order chi connectivity index (χ0) is 25.9. The van der Waals surface area contributed by atoms with Crippen molar-refractivity contribution in [3.63, 3.8) is 0 Å². The minimum atomic E-state index is -1.64. The smallest absolute Gasteiger partial charge is 0.0184 e. The van der Waals surface area contributed by atoms with E-state index in [0.29, 0.717) is 0 Å². The molecule has 0 aliphatic heterocycles. The maximum atomic E-state index is 4.39. The molecule has 2 aromatic rings. The van der Waals surface area contributed by atoms with E-state index < -0.39 is 27.1 Å². The van der Waals surface area contributed by atoms with E-state index in [1.165, 1.54) is 68.9 Å². The first-order valence-corrected chi connectivity index (χ1v) is 24.1. The van der Waals surface area contributed by atoms with Crippen LogP contribution in [-0.2, 0) is 21.2 Å².